The lowest BCUT2D eigenvalue weighted by atomic mass is 9.80. The molecule has 0 spiro atoms. The Bertz CT molecular complexity index is 872. The van der Waals surface area contributed by atoms with E-state index in [1.807, 2.05) is 49.3 Å². The maximum absolute atomic E-state index is 13.5. The summed E-state index contributed by atoms with van der Waals surface area (Å²) in [6.45, 7) is 6.68. The van der Waals surface area contributed by atoms with Crippen LogP contribution in [0.25, 0.3) is 0 Å². The second-order valence-electron chi connectivity index (χ2n) is 10.5. The van der Waals surface area contributed by atoms with Crippen LogP contribution in [0.5, 0.6) is 0 Å². The molecule has 36 heavy (non-hydrogen) atoms. The maximum Gasteiger partial charge on any atom is 0.426 e. The van der Waals surface area contributed by atoms with Gasteiger partial charge in [-0.15, -0.1) is 5.06 Å². The Kier molecular flexibility index (Phi) is 10.2. The highest BCUT2D eigenvalue weighted by Crippen LogP contribution is 2.28. The second-order valence-corrected chi connectivity index (χ2v) is 10.5. The third kappa shape index (κ3) is 8.85. The van der Waals surface area contributed by atoms with Gasteiger partial charge >= 0.3 is 6.09 Å². The zero-order chi connectivity index (χ0) is 26.1. The fraction of sp³-hybridized carbons (Fsp3) is 0.654. The molecule has 10 nitrogen and oxygen atoms in total. The van der Waals surface area contributed by atoms with Crippen molar-refractivity contribution in [2.45, 2.75) is 51.3 Å². The van der Waals surface area contributed by atoms with Crippen LogP contribution < -0.4 is 10.6 Å². The van der Waals surface area contributed by atoms with Crippen LogP contribution in [-0.2, 0) is 30.3 Å². The van der Waals surface area contributed by atoms with Gasteiger partial charge in [0.15, 0.2) is 5.78 Å². The summed E-state index contributed by atoms with van der Waals surface area (Å²) in [5.74, 6) is -0.584. The molecule has 2 fully saturated rings. The summed E-state index contributed by atoms with van der Waals surface area (Å²) in [4.78, 5) is 46.1. The molecule has 200 valence electrons. The first-order valence-electron chi connectivity index (χ1n) is 12.6. The van der Waals surface area contributed by atoms with E-state index in [0.29, 0.717) is 39.1 Å². The molecule has 2 amide bonds. The topological polar surface area (TPSA) is 109 Å². The van der Waals surface area contributed by atoms with Crippen LogP contribution in [0.1, 0.15) is 32.3 Å². The van der Waals surface area contributed by atoms with Crippen molar-refractivity contribution in [2.24, 2.45) is 5.41 Å². The molecular weight excluding hydrogens is 464 g/mol. The van der Waals surface area contributed by atoms with Gasteiger partial charge in [0, 0.05) is 6.54 Å². The number of ether oxygens (including phenoxy) is 2. The number of ketones is 1. The number of morpholine rings is 1. The van der Waals surface area contributed by atoms with Crippen molar-refractivity contribution < 1.29 is 28.7 Å². The summed E-state index contributed by atoms with van der Waals surface area (Å²) in [5.41, 5.74) is 0.816. The first-order chi connectivity index (χ1) is 17.1. The first kappa shape index (κ1) is 28.0. The molecule has 1 aromatic rings. The van der Waals surface area contributed by atoms with E-state index < -0.39 is 30.2 Å². The minimum Gasteiger partial charge on any atom is -0.379 e. The number of hydrogen-bond donors (Lipinski definition) is 2. The molecule has 0 aliphatic carbocycles. The largest absolute Gasteiger partial charge is 0.426 e. The Labute approximate surface area is 213 Å². The average Bonchev–Trinajstić information content (AvgIpc) is 3.17. The van der Waals surface area contributed by atoms with Crippen molar-refractivity contribution >= 4 is 17.8 Å². The number of hydrogen-bond acceptors (Lipinski definition) is 8. The van der Waals surface area contributed by atoms with Crippen molar-refractivity contribution in [1.29, 1.82) is 0 Å². The van der Waals surface area contributed by atoms with Gasteiger partial charge in [-0.05, 0) is 44.3 Å². The van der Waals surface area contributed by atoms with Gasteiger partial charge in [0.05, 0.1) is 32.4 Å². The molecule has 0 radical (unpaired) electrons. The van der Waals surface area contributed by atoms with Gasteiger partial charge in [-0.3, -0.25) is 9.59 Å². The minimum absolute atomic E-state index is 0.0281. The van der Waals surface area contributed by atoms with Gasteiger partial charge in [-0.2, -0.15) is 0 Å². The van der Waals surface area contributed by atoms with E-state index in [9.17, 15) is 14.4 Å². The van der Waals surface area contributed by atoms with Crippen LogP contribution in [0.4, 0.5) is 4.79 Å². The van der Waals surface area contributed by atoms with Crippen LogP contribution in [0.2, 0.25) is 0 Å². The predicted molar refractivity (Wildman–Crippen MR) is 134 cm³/mol. The van der Waals surface area contributed by atoms with E-state index in [2.05, 4.69) is 24.5 Å². The zero-order valence-electron chi connectivity index (χ0n) is 21.8. The summed E-state index contributed by atoms with van der Waals surface area (Å²) < 4.78 is 10.9. The Morgan fingerprint density at radius 2 is 1.89 bits per heavy atom. The van der Waals surface area contributed by atoms with Gasteiger partial charge in [0.25, 0.3) is 0 Å². The molecule has 3 atom stereocenters. The molecule has 3 rings (SSSR count). The number of benzene rings is 1. The number of carbonyl (C=O) groups excluding carboxylic acids is 3. The lowest BCUT2D eigenvalue weighted by Gasteiger charge is -2.31. The number of nitrogens with one attached hydrogen (secondary N) is 2. The molecule has 10 heteroatoms. The smallest absolute Gasteiger partial charge is 0.379 e. The summed E-state index contributed by atoms with van der Waals surface area (Å²) in [6.07, 6.45) is 0.582. The Hall–Kier alpha value is -2.53. The van der Waals surface area contributed by atoms with E-state index in [4.69, 9.17) is 14.3 Å². The SMILES string of the molecule is CN(C)CCC1OCC(=O)C1NC(=O)[C@H](CC(C)(C)Cc1ccccc1)NC(=O)ON1CCOCC1. The number of Topliss-reactive ketones (excluding diaryl/α,β-unsaturated/α-hetero) is 1. The van der Waals surface area contributed by atoms with E-state index in [-0.39, 0.29) is 17.8 Å². The predicted octanol–water partition coefficient (Wildman–Crippen LogP) is 1.39. The Balaban J connectivity index is 1.69. The molecule has 0 bridgehead atoms. The van der Waals surface area contributed by atoms with Crippen LogP contribution in [-0.4, -0.2) is 99.5 Å². The standard InChI is InChI=1S/C26H40N4O6/c1-26(2,16-19-8-6-5-7-9-19)17-20(27-25(33)36-30-12-14-34-15-13-30)24(32)28-23-21(31)18-35-22(23)10-11-29(3)4/h5-9,20,22-23H,10-18H2,1-4H3,(H,27,33)(H,28,32)/t20-,22?,23?/m0/s1. The quantitative estimate of drug-likeness (QED) is 0.465. The van der Waals surface area contributed by atoms with Crippen LogP contribution in [0.15, 0.2) is 30.3 Å². The molecule has 2 unspecified atom stereocenters. The Morgan fingerprint density at radius 3 is 2.56 bits per heavy atom. The number of rotatable bonds is 11. The highest BCUT2D eigenvalue weighted by Gasteiger charge is 2.39. The highest BCUT2D eigenvalue weighted by atomic mass is 16.7. The summed E-state index contributed by atoms with van der Waals surface area (Å²) >= 11 is 0. The maximum atomic E-state index is 13.5. The molecule has 2 aliphatic heterocycles. The van der Waals surface area contributed by atoms with Crippen molar-refractivity contribution in [3.8, 4) is 0 Å². The number of amides is 2. The summed E-state index contributed by atoms with van der Waals surface area (Å²) in [5, 5.41) is 7.13. The van der Waals surface area contributed by atoms with Crippen molar-refractivity contribution in [2.75, 3.05) is 53.6 Å². The molecular formula is C26H40N4O6. The highest BCUT2D eigenvalue weighted by molar-refractivity contribution is 5.94. The third-order valence-corrected chi connectivity index (χ3v) is 6.39. The number of carbonyl (C=O) groups is 3. The van der Waals surface area contributed by atoms with Gasteiger partial charge < -0.3 is 29.8 Å². The van der Waals surface area contributed by atoms with Gasteiger partial charge in [0.2, 0.25) is 5.91 Å². The molecule has 2 aliphatic rings. The molecule has 0 aromatic heterocycles. The Morgan fingerprint density at radius 1 is 1.19 bits per heavy atom. The molecule has 2 heterocycles. The normalized spacial score (nSPS) is 21.9. The van der Waals surface area contributed by atoms with Crippen molar-refractivity contribution in [1.82, 2.24) is 20.6 Å². The molecule has 2 N–H and O–H groups in total. The number of nitrogens with zero attached hydrogens (tertiary/aromatic N) is 2. The van der Waals surface area contributed by atoms with Crippen molar-refractivity contribution in [3.63, 3.8) is 0 Å². The van der Waals surface area contributed by atoms with E-state index >= 15 is 0 Å². The van der Waals surface area contributed by atoms with E-state index in [1.165, 1.54) is 5.06 Å². The summed E-state index contributed by atoms with van der Waals surface area (Å²) in [6, 6.07) is 8.38. The third-order valence-electron chi connectivity index (χ3n) is 6.39. The van der Waals surface area contributed by atoms with Crippen LogP contribution in [0.3, 0.4) is 0 Å². The molecule has 1 aromatic carbocycles. The van der Waals surface area contributed by atoms with Crippen LogP contribution >= 0.6 is 0 Å². The number of hydroxylamine groups is 2. The van der Waals surface area contributed by atoms with Crippen LogP contribution in [0, 0.1) is 5.41 Å². The van der Waals surface area contributed by atoms with Gasteiger partial charge in [-0.25, -0.2) is 4.79 Å². The van der Waals surface area contributed by atoms with E-state index in [0.717, 1.165) is 18.5 Å². The average molecular weight is 505 g/mol. The zero-order valence-corrected chi connectivity index (χ0v) is 21.8. The van der Waals surface area contributed by atoms with Gasteiger partial charge in [0.1, 0.15) is 18.7 Å². The van der Waals surface area contributed by atoms with Gasteiger partial charge in [-0.1, -0.05) is 44.2 Å². The summed E-state index contributed by atoms with van der Waals surface area (Å²) in [7, 11) is 3.89. The molecule has 0 saturated carbocycles. The lowest BCUT2D eigenvalue weighted by Crippen LogP contribution is -2.55. The molecule has 2 saturated heterocycles. The lowest BCUT2D eigenvalue weighted by molar-refractivity contribution is -0.147. The fourth-order valence-electron chi connectivity index (χ4n) is 4.55. The van der Waals surface area contributed by atoms with Crippen molar-refractivity contribution in [3.05, 3.63) is 35.9 Å². The minimum atomic E-state index is -0.889. The first-order valence-corrected chi connectivity index (χ1v) is 12.6. The second kappa shape index (κ2) is 13.1. The van der Waals surface area contributed by atoms with E-state index in [1.54, 1.807) is 0 Å². The fourth-order valence-corrected chi connectivity index (χ4v) is 4.55. The monoisotopic (exact) mass is 504 g/mol.